The molecule has 0 bridgehead atoms. The monoisotopic (exact) mass is 249 g/mol. The van der Waals surface area contributed by atoms with Crippen molar-refractivity contribution in [2.75, 3.05) is 33.6 Å². The van der Waals surface area contributed by atoms with Crippen LogP contribution in [-0.4, -0.2) is 61.2 Å². The molecule has 92 valence electrons. The number of urea groups is 1. The Bertz CT molecular complexity index is 281. The highest BCUT2D eigenvalue weighted by molar-refractivity contribution is 6.19. The number of carbonyl (C=O) groups excluding carboxylic acids is 3. The first-order valence-electron chi connectivity index (χ1n) is 4.69. The number of hydrogen-bond acceptors (Lipinski definition) is 3. The standard InChI is InChI=1S/C9H16ClN3O3/c1-12(2)8(15)6-13(3)9(16)11-7(14)4-5-10/h4-6H2,1-3H3,(H,11,14,16). The van der Waals surface area contributed by atoms with E-state index in [9.17, 15) is 14.4 Å². The smallest absolute Gasteiger partial charge is 0.324 e. The van der Waals surface area contributed by atoms with Gasteiger partial charge in [0.1, 0.15) is 6.54 Å². The molecular weight excluding hydrogens is 234 g/mol. The van der Waals surface area contributed by atoms with E-state index in [4.69, 9.17) is 11.6 Å². The lowest BCUT2D eigenvalue weighted by Crippen LogP contribution is -2.45. The number of alkyl halides is 1. The molecule has 0 atom stereocenters. The number of nitrogens with zero attached hydrogens (tertiary/aromatic N) is 2. The van der Waals surface area contributed by atoms with Crippen molar-refractivity contribution in [3.63, 3.8) is 0 Å². The van der Waals surface area contributed by atoms with Gasteiger partial charge >= 0.3 is 6.03 Å². The average molecular weight is 250 g/mol. The third-order valence-electron chi connectivity index (χ3n) is 1.79. The Balaban J connectivity index is 4.09. The van der Waals surface area contributed by atoms with Crippen LogP contribution in [-0.2, 0) is 9.59 Å². The number of hydrogen-bond donors (Lipinski definition) is 1. The lowest BCUT2D eigenvalue weighted by Gasteiger charge is -2.19. The molecule has 0 aliphatic carbocycles. The highest BCUT2D eigenvalue weighted by atomic mass is 35.5. The van der Waals surface area contributed by atoms with Gasteiger partial charge in [0, 0.05) is 33.4 Å². The summed E-state index contributed by atoms with van der Waals surface area (Å²) < 4.78 is 0. The summed E-state index contributed by atoms with van der Waals surface area (Å²) in [5.74, 6) is -0.522. The Labute approximate surface area is 99.5 Å². The van der Waals surface area contributed by atoms with Crippen molar-refractivity contribution in [3.05, 3.63) is 0 Å². The Kier molecular flexibility index (Phi) is 6.48. The zero-order valence-electron chi connectivity index (χ0n) is 9.62. The molecule has 0 aromatic carbocycles. The molecule has 0 spiro atoms. The van der Waals surface area contributed by atoms with Gasteiger partial charge in [-0.3, -0.25) is 14.9 Å². The summed E-state index contributed by atoms with van der Waals surface area (Å²) in [5.41, 5.74) is 0. The molecule has 1 N–H and O–H groups in total. The maximum absolute atomic E-state index is 11.4. The summed E-state index contributed by atoms with van der Waals surface area (Å²) in [6.07, 6.45) is 0.0722. The highest BCUT2D eigenvalue weighted by Crippen LogP contribution is 1.90. The fourth-order valence-corrected chi connectivity index (χ4v) is 0.951. The van der Waals surface area contributed by atoms with Crippen LogP contribution < -0.4 is 5.32 Å². The van der Waals surface area contributed by atoms with E-state index in [2.05, 4.69) is 5.32 Å². The number of nitrogens with one attached hydrogen (secondary N) is 1. The second kappa shape index (κ2) is 7.05. The van der Waals surface area contributed by atoms with Crippen LogP contribution in [0.5, 0.6) is 0 Å². The van der Waals surface area contributed by atoms with E-state index >= 15 is 0 Å². The third-order valence-corrected chi connectivity index (χ3v) is 1.97. The lowest BCUT2D eigenvalue weighted by atomic mass is 10.4. The summed E-state index contributed by atoms with van der Waals surface area (Å²) in [6.45, 7) is -0.0764. The molecule has 0 heterocycles. The molecule has 16 heavy (non-hydrogen) atoms. The maximum Gasteiger partial charge on any atom is 0.324 e. The van der Waals surface area contributed by atoms with Gasteiger partial charge in [0.05, 0.1) is 0 Å². The lowest BCUT2D eigenvalue weighted by molar-refractivity contribution is -0.129. The topological polar surface area (TPSA) is 69.7 Å². The molecule has 0 fully saturated rings. The van der Waals surface area contributed by atoms with Crippen LogP contribution in [0.15, 0.2) is 0 Å². The van der Waals surface area contributed by atoms with Crippen molar-refractivity contribution < 1.29 is 14.4 Å². The van der Waals surface area contributed by atoms with Crippen molar-refractivity contribution >= 4 is 29.4 Å². The van der Waals surface area contributed by atoms with Gasteiger partial charge in [-0.05, 0) is 0 Å². The molecule has 0 saturated carbocycles. The molecule has 0 rings (SSSR count). The minimum absolute atomic E-state index is 0.0722. The van der Waals surface area contributed by atoms with Gasteiger partial charge in [0.25, 0.3) is 0 Å². The van der Waals surface area contributed by atoms with Gasteiger partial charge < -0.3 is 9.80 Å². The fourth-order valence-electron chi connectivity index (χ4n) is 0.779. The van der Waals surface area contributed by atoms with Gasteiger partial charge in [-0.2, -0.15) is 0 Å². The molecule has 0 unspecified atom stereocenters. The molecule has 4 amide bonds. The Hall–Kier alpha value is -1.30. The molecule has 0 aliphatic heterocycles. The van der Waals surface area contributed by atoms with Crippen LogP contribution in [0.4, 0.5) is 4.79 Å². The van der Waals surface area contributed by atoms with Crippen molar-refractivity contribution in [1.82, 2.24) is 15.1 Å². The molecule has 0 aromatic heterocycles. The van der Waals surface area contributed by atoms with E-state index in [0.29, 0.717) is 0 Å². The van der Waals surface area contributed by atoms with E-state index in [-0.39, 0.29) is 24.8 Å². The van der Waals surface area contributed by atoms with Crippen molar-refractivity contribution in [3.8, 4) is 0 Å². The molecule has 6 nitrogen and oxygen atoms in total. The van der Waals surface area contributed by atoms with Gasteiger partial charge in [0.2, 0.25) is 11.8 Å². The number of likely N-dealkylation sites (N-methyl/N-ethyl adjacent to an activating group) is 2. The van der Waals surface area contributed by atoms with Crippen LogP contribution in [0.3, 0.4) is 0 Å². The first-order chi connectivity index (χ1) is 7.38. The van der Waals surface area contributed by atoms with Crippen LogP contribution in [0.25, 0.3) is 0 Å². The number of amides is 4. The normalized spacial score (nSPS) is 9.50. The number of halogens is 1. The van der Waals surface area contributed by atoms with E-state index in [1.807, 2.05) is 0 Å². The minimum atomic E-state index is -0.606. The van der Waals surface area contributed by atoms with Crippen molar-refractivity contribution in [2.24, 2.45) is 0 Å². The maximum atomic E-state index is 11.4. The van der Waals surface area contributed by atoms with Crippen LogP contribution in [0.2, 0.25) is 0 Å². The van der Waals surface area contributed by atoms with Crippen LogP contribution in [0, 0.1) is 0 Å². The minimum Gasteiger partial charge on any atom is -0.347 e. The second-order valence-electron chi connectivity index (χ2n) is 3.44. The van der Waals surface area contributed by atoms with Crippen LogP contribution >= 0.6 is 11.6 Å². The van der Waals surface area contributed by atoms with E-state index in [0.717, 1.165) is 4.90 Å². The average Bonchev–Trinajstić information content (AvgIpc) is 2.17. The first kappa shape index (κ1) is 14.7. The van der Waals surface area contributed by atoms with Crippen LogP contribution in [0.1, 0.15) is 6.42 Å². The quantitative estimate of drug-likeness (QED) is 0.706. The van der Waals surface area contributed by atoms with Gasteiger partial charge in [-0.15, -0.1) is 11.6 Å². The fraction of sp³-hybridized carbons (Fsp3) is 0.667. The third kappa shape index (κ3) is 5.55. The zero-order chi connectivity index (χ0) is 12.7. The highest BCUT2D eigenvalue weighted by Gasteiger charge is 2.15. The van der Waals surface area contributed by atoms with Gasteiger partial charge in [-0.1, -0.05) is 0 Å². The molecule has 0 aliphatic rings. The Morgan fingerprint density at radius 3 is 2.19 bits per heavy atom. The molecule has 0 saturated heterocycles. The molecule has 7 heteroatoms. The Morgan fingerprint density at radius 1 is 1.19 bits per heavy atom. The first-order valence-corrected chi connectivity index (χ1v) is 5.23. The summed E-state index contributed by atoms with van der Waals surface area (Å²) in [6, 6.07) is -0.606. The molecule has 0 radical (unpaired) electrons. The summed E-state index contributed by atoms with van der Waals surface area (Å²) in [7, 11) is 4.62. The van der Waals surface area contributed by atoms with E-state index in [1.165, 1.54) is 11.9 Å². The summed E-state index contributed by atoms with van der Waals surface area (Å²) >= 11 is 5.34. The van der Waals surface area contributed by atoms with Crippen molar-refractivity contribution in [2.45, 2.75) is 6.42 Å². The van der Waals surface area contributed by atoms with Gasteiger partial charge in [0.15, 0.2) is 0 Å². The predicted molar refractivity (Wildman–Crippen MR) is 60.2 cm³/mol. The zero-order valence-corrected chi connectivity index (χ0v) is 10.4. The Morgan fingerprint density at radius 2 is 1.75 bits per heavy atom. The SMILES string of the molecule is CN(C)C(=O)CN(C)C(=O)NC(=O)CCCl. The second-order valence-corrected chi connectivity index (χ2v) is 3.81. The number of carbonyl (C=O) groups is 3. The largest absolute Gasteiger partial charge is 0.347 e. The summed E-state index contributed by atoms with van der Waals surface area (Å²) in [4.78, 5) is 36.2. The van der Waals surface area contributed by atoms with E-state index < -0.39 is 11.9 Å². The molecule has 0 aromatic rings. The molecular formula is C9H16ClN3O3. The number of rotatable bonds is 4. The van der Waals surface area contributed by atoms with Gasteiger partial charge in [-0.25, -0.2) is 4.79 Å². The van der Waals surface area contributed by atoms with E-state index in [1.54, 1.807) is 14.1 Å². The number of imide groups is 1. The van der Waals surface area contributed by atoms with Crippen molar-refractivity contribution in [1.29, 1.82) is 0 Å². The summed E-state index contributed by atoms with van der Waals surface area (Å²) in [5, 5.41) is 2.12. The predicted octanol–water partition coefficient (Wildman–Crippen LogP) is -0.128.